The van der Waals surface area contributed by atoms with Gasteiger partial charge >= 0.3 is 0 Å². The van der Waals surface area contributed by atoms with E-state index in [1.54, 1.807) is 0 Å². The molecule has 14 heavy (non-hydrogen) atoms. The standard InChI is InChI=1S/C8H8Br2INOS/c9-6-4-5(7(10)14-6)8(13)12-3-1-2-11/h4H,1-3H2,(H,12,13). The van der Waals surface area contributed by atoms with E-state index in [0.29, 0.717) is 5.56 Å². The predicted molar refractivity (Wildman–Crippen MR) is 75.6 cm³/mol. The summed E-state index contributed by atoms with van der Waals surface area (Å²) in [6, 6.07) is 1.83. The first-order valence-corrected chi connectivity index (χ1v) is 7.87. The fourth-order valence-corrected chi connectivity index (χ4v) is 4.03. The van der Waals surface area contributed by atoms with Gasteiger partial charge in [-0.25, -0.2) is 0 Å². The van der Waals surface area contributed by atoms with Gasteiger partial charge in [0.2, 0.25) is 0 Å². The van der Waals surface area contributed by atoms with E-state index in [-0.39, 0.29) is 5.91 Å². The molecule has 1 aromatic rings. The zero-order chi connectivity index (χ0) is 10.6. The lowest BCUT2D eigenvalue weighted by molar-refractivity contribution is 0.0953. The predicted octanol–water partition coefficient (Wildman–Crippen LogP) is 3.83. The van der Waals surface area contributed by atoms with Gasteiger partial charge in [0.15, 0.2) is 0 Å². The molecular formula is C8H8Br2INOS. The van der Waals surface area contributed by atoms with Crippen molar-refractivity contribution in [3.63, 3.8) is 0 Å². The van der Waals surface area contributed by atoms with E-state index < -0.39 is 0 Å². The number of halogens is 3. The topological polar surface area (TPSA) is 29.1 Å². The Hall–Kier alpha value is 0.860. The molecule has 0 unspecified atom stereocenters. The number of carbonyl (C=O) groups is 1. The van der Waals surface area contributed by atoms with Gasteiger partial charge in [-0.3, -0.25) is 4.79 Å². The average molecular weight is 453 g/mol. The highest BCUT2D eigenvalue weighted by Crippen LogP contribution is 2.31. The molecule has 6 heteroatoms. The second-order valence-electron chi connectivity index (χ2n) is 2.54. The Balaban J connectivity index is 2.56. The number of rotatable bonds is 4. The molecular weight excluding hydrogens is 445 g/mol. The minimum Gasteiger partial charge on any atom is -0.352 e. The molecule has 0 fully saturated rings. The lowest BCUT2D eigenvalue weighted by atomic mass is 10.3. The summed E-state index contributed by atoms with van der Waals surface area (Å²) < 4.78 is 2.90. The number of carbonyl (C=O) groups excluding carboxylic acids is 1. The van der Waals surface area contributed by atoms with Gasteiger partial charge in [0, 0.05) is 11.0 Å². The first kappa shape index (κ1) is 12.9. The zero-order valence-corrected chi connectivity index (χ0v) is 13.3. The molecule has 1 amide bonds. The van der Waals surface area contributed by atoms with Crippen LogP contribution >= 0.6 is 65.8 Å². The third-order valence-corrected chi connectivity index (χ3v) is 4.60. The maximum absolute atomic E-state index is 11.6. The summed E-state index contributed by atoms with van der Waals surface area (Å²) in [6.45, 7) is 0.738. The van der Waals surface area contributed by atoms with Gasteiger partial charge in [-0.15, -0.1) is 11.3 Å². The van der Waals surface area contributed by atoms with E-state index >= 15 is 0 Å². The fraction of sp³-hybridized carbons (Fsp3) is 0.375. The molecule has 0 saturated carbocycles. The maximum atomic E-state index is 11.6. The number of amides is 1. The molecule has 0 aliphatic heterocycles. The Bertz CT molecular complexity index is 329. The van der Waals surface area contributed by atoms with E-state index in [9.17, 15) is 4.79 Å². The molecule has 0 radical (unpaired) electrons. The van der Waals surface area contributed by atoms with Crippen LogP contribution in [0.5, 0.6) is 0 Å². The number of thiophene rings is 1. The first-order valence-electron chi connectivity index (χ1n) is 3.94. The van der Waals surface area contributed by atoms with Gasteiger partial charge < -0.3 is 5.32 Å². The Kier molecular flexibility index (Phi) is 5.95. The SMILES string of the molecule is O=C(NCCCI)c1cc(Br)sc1Br. The van der Waals surface area contributed by atoms with Crippen molar-refractivity contribution in [1.29, 1.82) is 0 Å². The molecule has 0 aliphatic carbocycles. The molecule has 0 spiro atoms. The highest BCUT2D eigenvalue weighted by Gasteiger charge is 2.12. The highest BCUT2D eigenvalue weighted by atomic mass is 127. The third kappa shape index (κ3) is 3.79. The molecule has 1 heterocycles. The van der Waals surface area contributed by atoms with Crippen molar-refractivity contribution in [1.82, 2.24) is 5.32 Å². The number of hydrogen-bond donors (Lipinski definition) is 1. The minimum atomic E-state index is -0.0105. The van der Waals surface area contributed by atoms with Crippen molar-refractivity contribution in [2.24, 2.45) is 0 Å². The lowest BCUT2D eigenvalue weighted by Gasteiger charge is -2.01. The van der Waals surface area contributed by atoms with Crippen LogP contribution in [0.3, 0.4) is 0 Å². The highest BCUT2D eigenvalue weighted by molar-refractivity contribution is 14.1. The Morgan fingerprint density at radius 1 is 1.57 bits per heavy atom. The normalized spacial score (nSPS) is 10.2. The van der Waals surface area contributed by atoms with Crippen molar-refractivity contribution in [2.45, 2.75) is 6.42 Å². The van der Waals surface area contributed by atoms with Crippen molar-refractivity contribution in [2.75, 3.05) is 11.0 Å². The second kappa shape index (κ2) is 6.44. The summed E-state index contributed by atoms with van der Waals surface area (Å²) in [5.74, 6) is -0.0105. The summed E-state index contributed by atoms with van der Waals surface area (Å²) in [5.41, 5.74) is 0.704. The number of hydrogen-bond acceptors (Lipinski definition) is 2. The minimum absolute atomic E-state index is 0.0105. The monoisotopic (exact) mass is 451 g/mol. The molecule has 0 aliphatic rings. The molecule has 78 valence electrons. The molecule has 2 nitrogen and oxygen atoms in total. The van der Waals surface area contributed by atoms with Crippen LogP contribution in [0.1, 0.15) is 16.8 Å². The molecule has 0 bridgehead atoms. The summed E-state index contributed by atoms with van der Waals surface area (Å²) in [5, 5.41) is 2.87. The first-order chi connectivity index (χ1) is 6.65. The van der Waals surface area contributed by atoms with Crippen molar-refractivity contribution in [3.8, 4) is 0 Å². The van der Waals surface area contributed by atoms with E-state index in [1.807, 2.05) is 6.07 Å². The second-order valence-corrected chi connectivity index (χ2v) is 7.36. The van der Waals surface area contributed by atoms with Crippen LogP contribution in [0.4, 0.5) is 0 Å². The maximum Gasteiger partial charge on any atom is 0.253 e. The Morgan fingerprint density at radius 2 is 2.29 bits per heavy atom. The van der Waals surface area contributed by atoms with Crippen LogP contribution in [-0.4, -0.2) is 16.9 Å². The van der Waals surface area contributed by atoms with E-state index in [1.165, 1.54) is 11.3 Å². The summed E-state index contributed by atoms with van der Waals surface area (Å²) in [6.07, 6.45) is 1.01. The van der Waals surface area contributed by atoms with Crippen molar-refractivity contribution >= 4 is 71.7 Å². The van der Waals surface area contributed by atoms with Gasteiger partial charge in [0.05, 0.1) is 13.1 Å². The van der Waals surface area contributed by atoms with Crippen molar-refractivity contribution in [3.05, 3.63) is 19.2 Å². The van der Waals surface area contributed by atoms with Gasteiger partial charge in [0.1, 0.15) is 0 Å². The van der Waals surface area contributed by atoms with Gasteiger partial charge in [-0.2, -0.15) is 0 Å². The summed E-state index contributed by atoms with van der Waals surface area (Å²) >= 11 is 10.5. The largest absolute Gasteiger partial charge is 0.352 e. The van der Waals surface area contributed by atoms with E-state index in [4.69, 9.17) is 0 Å². The third-order valence-electron chi connectivity index (χ3n) is 1.50. The molecule has 1 N–H and O–H groups in total. The van der Waals surface area contributed by atoms with Crippen LogP contribution in [-0.2, 0) is 0 Å². The molecule has 0 aromatic carbocycles. The van der Waals surface area contributed by atoms with Gasteiger partial charge in [-0.05, 0) is 44.3 Å². The van der Waals surface area contributed by atoms with Crippen LogP contribution in [0.25, 0.3) is 0 Å². The smallest absolute Gasteiger partial charge is 0.253 e. The summed E-state index contributed by atoms with van der Waals surface area (Å²) in [7, 11) is 0. The number of alkyl halides is 1. The van der Waals surface area contributed by atoms with Crippen LogP contribution in [0.2, 0.25) is 0 Å². The average Bonchev–Trinajstić information content (AvgIpc) is 2.45. The fourth-order valence-electron chi connectivity index (χ4n) is 0.859. The van der Waals surface area contributed by atoms with E-state index in [0.717, 1.165) is 25.0 Å². The van der Waals surface area contributed by atoms with Gasteiger partial charge in [-0.1, -0.05) is 22.6 Å². The Labute approximate surface area is 117 Å². The zero-order valence-electron chi connectivity index (χ0n) is 7.15. The molecule has 0 atom stereocenters. The summed E-state index contributed by atoms with van der Waals surface area (Å²) in [4.78, 5) is 11.6. The molecule has 1 rings (SSSR count). The van der Waals surface area contributed by atoms with Crippen LogP contribution < -0.4 is 5.32 Å². The van der Waals surface area contributed by atoms with Gasteiger partial charge in [0.25, 0.3) is 5.91 Å². The van der Waals surface area contributed by atoms with Crippen LogP contribution in [0, 0.1) is 0 Å². The Morgan fingerprint density at radius 3 is 2.79 bits per heavy atom. The molecule has 1 aromatic heterocycles. The molecule has 0 saturated heterocycles. The van der Waals surface area contributed by atoms with Crippen molar-refractivity contribution < 1.29 is 4.79 Å². The lowest BCUT2D eigenvalue weighted by Crippen LogP contribution is -2.24. The number of nitrogens with one attached hydrogen (secondary N) is 1. The van der Waals surface area contributed by atoms with Crippen LogP contribution in [0.15, 0.2) is 13.6 Å². The quantitative estimate of drug-likeness (QED) is 0.420. The van der Waals surface area contributed by atoms with E-state index in [2.05, 4.69) is 59.8 Å².